The standard InChI is InChI=1S/C7H8N4O2.2C7H6O3.Ca/c1-10-5-4(8-3-9-5)6(12)11(2)7(10)13;2*8-6-4-2-1-3-5(6)7(9)10;/h3H,1-2H3,(H,8,9);2*1-4,8H,(H,9,10);/q;;;+2/p-2. The molecule has 0 saturated heterocycles. The number of hydrogen-bond donors (Lipinski definition) is 3. The first kappa shape index (κ1) is 28.4. The van der Waals surface area contributed by atoms with Crippen LogP contribution >= 0.6 is 0 Å². The Morgan fingerprint density at radius 2 is 1.29 bits per heavy atom. The average molecular weight is 494 g/mol. The summed E-state index contributed by atoms with van der Waals surface area (Å²) in [4.78, 5) is 49.7. The maximum Gasteiger partial charge on any atom is 2.00 e. The van der Waals surface area contributed by atoms with Gasteiger partial charge < -0.3 is 35.0 Å². The Morgan fingerprint density at radius 1 is 0.853 bits per heavy atom. The number of para-hydroxylation sites is 2. The Hall–Kier alpha value is -3.61. The molecule has 12 nitrogen and oxygen atoms in total. The number of carbonyl (C=O) groups excluding carboxylic acids is 2. The number of H-pyrrole nitrogens is 1. The molecule has 0 radical (unpaired) electrons. The summed E-state index contributed by atoms with van der Waals surface area (Å²) in [6.07, 6.45) is 1.39. The van der Waals surface area contributed by atoms with Crippen molar-refractivity contribution in [3.8, 4) is 11.5 Å². The molecular weight excluding hydrogens is 476 g/mol. The van der Waals surface area contributed by atoms with Gasteiger partial charge in [-0.05, 0) is 24.3 Å². The molecule has 2 heterocycles. The Morgan fingerprint density at radius 3 is 1.68 bits per heavy atom. The van der Waals surface area contributed by atoms with Gasteiger partial charge >= 0.3 is 43.4 Å². The molecule has 13 heteroatoms. The van der Waals surface area contributed by atoms with Crippen molar-refractivity contribution in [2.45, 2.75) is 0 Å². The third kappa shape index (κ3) is 6.70. The van der Waals surface area contributed by atoms with Gasteiger partial charge in [-0.15, -0.1) is 0 Å². The van der Waals surface area contributed by atoms with Crippen LogP contribution in [-0.4, -0.2) is 79.0 Å². The van der Waals surface area contributed by atoms with E-state index in [0.717, 1.165) is 4.57 Å². The fourth-order valence-electron chi connectivity index (χ4n) is 2.56. The molecule has 0 spiro atoms. The SMILES string of the molecule is Cn1c(=O)c2[nH]cnc2n(C)c1=O.O=C([O-])c1ccccc1O.O=C([O-])c1ccccc1O.[Ca+2]. The number of carboxylic acid groups (broad SMARTS) is 2. The molecule has 0 unspecified atom stereocenters. The van der Waals surface area contributed by atoms with Crippen molar-refractivity contribution in [3.05, 3.63) is 86.8 Å². The number of phenols is 2. The fraction of sp³-hybridized carbons (Fsp3) is 0.0952. The van der Waals surface area contributed by atoms with Crippen molar-refractivity contribution < 1.29 is 30.0 Å². The summed E-state index contributed by atoms with van der Waals surface area (Å²) in [5.41, 5.74) is -0.345. The summed E-state index contributed by atoms with van der Waals surface area (Å²) in [7, 11) is 3.01. The van der Waals surface area contributed by atoms with E-state index < -0.39 is 11.9 Å². The van der Waals surface area contributed by atoms with E-state index in [2.05, 4.69) is 9.97 Å². The van der Waals surface area contributed by atoms with E-state index in [1.54, 1.807) is 19.2 Å². The van der Waals surface area contributed by atoms with Gasteiger partial charge in [-0.2, -0.15) is 0 Å². The van der Waals surface area contributed by atoms with Gasteiger partial charge in [0.25, 0.3) is 5.56 Å². The maximum atomic E-state index is 11.4. The largest absolute Gasteiger partial charge is 2.00 e. The van der Waals surface area contributed by atoms with E-state index in [1.165, 1.54) is 54.3 Å². The number of fused-ring (bicyclic) bond motifs is 1. The zero-order valence-corrected chi connectivity index (χ0v) is 20.3. The van der Waals surface area contributed by atoms with Gasteiger partial charge in [-0.1, -0.05) is 24.3 Å². The first-order valence-electron chi connectivity index (χ1n) is 9.14. The number of aryl methyl sites for hydroxylation is 1. The second-order valence-electron chi connectivity index (χ2n) is 6.42. The minimum atomic E-state index is -1.36. The maximum absolute atomic E-state index is 11.4. The fourth-order valence-corrected chi connectivity index (χ4v) is 2.56. The Balaban J connectivity index is 0.000000255. The van der Waals surface area contributed by atoms with E-state index in [0.29, 0.717) is 11.2 Å². The van der Waals surface area contributed by atoms with Crippen LogP contribution in [-0.2, 0) is 14.1 Å². The van der Waals surface area contributed by atoms with Crippen molar-refractivity contribution in [3.63, 3.8) is 0 Å². The Kier molecular flexibility index (Phi) is 10.5. The average Bonchev–Trinajstić information content (AvgIpc) is 3.28. The van der Waals surface area contributed by atoms with Crippen molar-refractivity contribution in [1.29, 1.82) is 0 Å². The molecule has 4 rings (SSSR count). The van der Waals surface area contributed by atoms with E-state index in [4.69, 9.17) is 10.2 Å². The van der Waals surface area contributed by atoms with Gasteiger partial charge in [0.1, 0.15) is 17.0 Å². The van der Waals surface area contributed by atoms with Crippen molar-refractivity contribution in [1.82, 2.24) is 19.1 Å². The third-order valence-corrected chi connectivity index (χ3v) is 4.28. The first-order valence-corrected chi connectivity index (χ1v) is 9.14. The van der Waals surface area contributed by atoms with Crippen LogP contribution < -0.4 is 21.5 Å². The smallest absolute Gasteiger partial charge is 0.545 e. The molecular formula is C21H18CaN4O8. The molecule has 0 saturated carbocycles. The summed E-state index contributed by atoms with van der Waals surface area (Å²) in [6, 6.07) is 11.3. The van der Waals surface area contributed by atoms with Crippen LogP contribution in [0.4, 0.5) is 0 Å². The number of aromatic nitrogens is 4. The molecule has 0 aliphatic heterocycles. The summed E-state index contributed by atoms with van der Waals surface area (Å²) in [5, 5.41) is 38.0. The predicted octanol–water partition coefficient (Wildman–Crippen LogP) is -1.91. The number of carbonyl (C=O) groups is 2. The summed E-state index contributed by atoms with van der Waals surface area (Å²) >= 11 is 0. The molecule has 0 bridgehead atoms. The summed E-state index contributed by atoms with van der Waals surface area (Å²) in [6.45, 7) is 0. The molecule has 172 valence electrons. The van der Waals surface area contributed by atoms with Crippen LogP contribution in [0.3, 0.4) is 0 Å². The van der Waals surface area contributed by atoms with Gasteiger partial charge in [0, 0.05) is 25.2 Å². The number of imidazole rings is 1. The molecule has 0 aliphatic carbocycles. The number of aromatic carboxylic acids is 2. The molecule has 34 heavy (non-hydrogen) atoms. The van der Waals surface area contributed by atoms with Crippen molar-refractivity contribution >= 4 is 60.8 Å². The quantitative estimate of drug-likeness (QED) is 0.267. The second-order valence-corrected chi connectivity index (χ2v) is 6.42. The summed E-state index contributed by atoms with van der Waals surface area (Å²) in [5.74, 6) is -3.25. The topological polar surface area (TPSA) is 193 Å². The molecule has 4 aromatic rings. The number of hydrogen-bond acceptors (Lipinski definition) is 9. The minimum absolute atomic E-state index is 0. The Labute approximate surface area is 221 Å². The zero-order chi connectivity index (χ0) is 24.7. The number of carboxylic acids is 2. The number of aromatic hydroxyl groups is 2. The molecule has 0 atom stereocenters. The van der Waals surface area contributed by atoms with Crippen LogP contribution in [0.1, 0.15) is 20.7 Å². The number of nitrogens with zero attached hydrogens (tertiary/aromatic N) is 3. The van der Waals surface area contributed by atoms with E-state index >= 15 is 0 Å². The number of rotatable bonds is 2. The molecule has 2 aromatic heterocycles. The van der Waals surface area contributed by atoms with Crippen LogP contribution in [0.2, 0.25) is 0 Å². The monoisotopic (exact) mass is 494 g/mol. The van der Waals surface area contributed by atoms with Gasteiger partial charge in [-0.25, -0.2) is 9.78 Å². The third-order valence-electron chi connectivity index (χ3n) is 4.28. The normalized spacial score (nSPS) is 9.59. The number of nitrogens with one attached hydrogen (secondary N) is 1. The van der Waals surface area contributed by atoms with Crippen molar-refractivity contribution in [2.75, 3.05) is 0 Å². The molecule has 0 aliphatic rings. The van der Waals surface area contributed by atoms with Crippen LogP contribution in [0.25, 0.3) is 11.2 Å². The zero-order valence-electron chi connectivity index (χ0n) is 18.1. The number of benzene rings is 2. The van der Waals surface area contributed by atoms with Crippen LogP contribution in [0, 0.1) is 0 Å². The molecule has 0 fully saturated rings. The van der Waals surface area contributed by atoms with E-state index in [9.17, 15) is 29.4 Å². The van der Waals surface area contributed by atoms with E-state index in [-0.39, 0.29) is 71.6 Å². The predicted molar refractivity (Wildman–Crippen MR) is 117 cm³/mol. The first-order chi connectivity index (χ1) is 15.6. The molecule has 3 N–H and O–H groups in total. The van der Waals surface area contributed by atoms with E-state index in [1.807, 2.05) is 0 Å². The van der Waals surface area contributed by atoms with Crippen molar-refractivity contribution in [2.24, 2.45) is 14.1 Å². The van der Waals surface area contributed by atoms with Gasteiger partial charge in [-0.3, -0.25) is 13.9 Å². The Bertz CT molecular complexity index is 1370. The second kappa shape index (κ2) is 12.6. The van der Waals surface area contributed by atoms with Gasteiger partial charge in [0.2, 0.25) is 0 Å². The van der Waals surface area contributed by atoms with Crippen LogP contribution in [0.5, 0.6) is 11.5 Å². The molecule has 2 aromatic carbocycles. The summed E-state index contributed by atoms with van der Waals surface area (Å²) < 4.78 is 2.37. The van der Waals surface area contributed by atoms with Gasteiger partial charge in [0.05, 0.1) is 18.3 Å². The molecule has 0 amide bonds. The van der Waals surface area contributed by atoms with Crippen LogP contribution in [0.15, 0.2) is 64.4 Å². The van der Waals surface area contributed by atoms with Gasteiger partial charge in [0.15, 0.2) is 5.65 Å². The minimum Gasteiger partial charge on any atom is -0.545 e. The number of aromatic amines is 1.